The first-order valence-corrected chi connectivity index (χ1v) is 8.50. The Kier molecular flexibility index (Phi) is 5.15. The lowest BCUT2D eigenvalue weighted by molar-refractivity contribution is 0.193. The Morgan fingerprint density at radius 1 is 1.24 bits per heavy atom. The van der Waals surface area contributed by atoms with Crippen LogP contribution < -0.4 is 10.1 Å². The van der Waals surface area contributed by atoms with E-state index in [-0.39, 0.29) is 0 Å². The quantitative estimate of drug-likeness (QED) is 0.900. The Labute approximate surface area is 128 Å². The van der Waals surface area contributed by atoms with E-state index < -0.39 is 0 Å². The summed E-state index contributed by atoms with van der Waals surface area (Å²) in [5.41, 5.74) is 1.33. The number of benzene rings is 1. The molecule has 0 amide bonds. The first kappa shape index (κ1) is 14.9. The topological polar surface area (TPSA) is 24.5 Å². The Morgan fingerprint density at radius 3 is 2.90 bits per heavy atom. The van der Waals surface area contributed by atoms with E-state index in [9.17, 15) is 0 Å². The van der Waals surface area contributed by atoms with Crippen molar-refractivity contribution in [3.8, 4) is 5.75 Å². The van der Waals surface area contributed by atoms with Crippen LogP contribution in [0.15, 0.2) is 24.3 Å². The van der Waals surface area contributed by atoms with Gasteiger partial charge in [-0.3, -0.25) is 0 Å². The summed E-state index contributed by atoms with van der Waals surface area (Å²) < 4.78 is 5.73. The van der Waals surface area contributed by atoms with Gasteiger partial charge in [-0.25, -0.2) is 0 Å². The van der Waals surface area contributed by atoms with E-state index in [4.69, 9.17) is 4.74 Å². The van der Waals surface area contributed by atoms with Crippen LogP contribution in [-0.2, 0) is 0 Å². The van der Waals surface area contributed by atoms with Crippen LogP contribution in [0.5, 0.6) is 5.75 Å². The largest absolute Gasteiger partial charge is 0.493 e. The van der Waals surface area contributed by atoms with Crippen molar-refractivity contribution in [1.29, 1.82) is 0 Å². The summed E-state index contributed by atoms with van der Waals surface area (Å²) in [5.74, 6) is 1.77. The maximum Gasteiger partial charge on any atom is 0.124 e. The molecule has 2 atom stereocenters. The van der Waals surface area contributed by atoms with Crippen LogP contribution in [0.1, 0.15) is 44.2 Å². The van der Waals surface area contributed by atoms with Gasteiger partial charge in [-0.05, 0) is 44.5 Å². The highest BCUT2D eigenvalue weighted by Crippen LogP contribution is 2.31. The lowest BCUT2D eigenvalue weighted by Gasteiger charge is -2.31. The second-order valence-electron chi connectivity index (χ2n) is 6.60. The normalized spacial score (nSPS) is 24.1. The molecule has 1 aromatic rings. The maximum absolute atomic E-state index is 5.73. The van der Waals surface area contributed by atoms with Gasteiger partial charge in [0, 0.05) is 24.6 Å². The van der Waals surface area contributed by atoms with Crippen molar-refractivity contribution in [2.45, 2.75) is 38.6 Å². The third kappa shape index (κ3) is 3.98. The summed E-state index contributed by atoms with van der Waals surface area (Å²) in [5, 5.41) is 3.76. The summed E-state index contributed by atoms with van der Waals surface area (Å²) in [4.78, 5) is 2.63. The number of nitrogens with one attached hydrogen (secondary N) is 1. The molecular weight excluding hydrogens is 260 g/mol. The van der Waals surface area contributed by atoms with E-state index >= 15 is 0 Å². The number of fused-ring (bicyclic) bond motifs is 1. The maximum atomic E-state index is 5.73. The predicted octanol–water partition coefficient (Wildman–Crippen LogP) is 3.22. The van der Waals surface area contributed by atoms with Gasteiger partial charge in [0.2, 0.25) is 0 Å². The van der Waals surface area contributed by atoms with Gasteiger partial charge in [0.1, 0.15) is 5.75 Å². The van der Waals surface area contributed by atoms with Crippen molar-refractivity contribution in [1.82, 2.24) is 10.2 Å². The SMILES string of the molecule is CC(CNC1CCOc2ccccc21)CN1CCCCC1. The molecule has 1 aromatic carbocycles. The van der Waals surface area contributed by atoms with Crippen molar-refractivity contribution in [2.24, 2.45) is 5.92 Å². The highest BCUT2D eigenvalue weighted by Gasteiger charge is 2.21. The van der Waals surface area contributed by atoms with Crippen LogP contribution >= 0.6 is 0 Å². The number of rotatable bonds is 5. The minimum Gasteiger partial charge on any atom is -0.493 e. The Morgan fingerprint density at radius 2 is 2.05 bits per heavy atom. The zero-order valence-corrected chi connectivity index (χ0v) is 13.2. The molecule has 2 aliphatic heterocycles. The molecule has 21 heavy (non-hydrogen) atoms. The number of likely N-dealkylation sites (tertiary alicyclic amines) is 1. The van der Waals surface area contributed by atoms with Crippen molar-refractivity contribution in [2.75, 3.05) is 32.8 Å². The lowest BCUT2D eigenvalue weighted by atomic mass is 9.99. The molecule has 2 unspecified atom stereocenters. The lowest BCUT2D eigenvalue weighted by Crippen LogP contribution is -2.38. The summed E-state index contributed by atoms with van der Waals surface area (Å²) in [6.45, 7) is 8.12. The summed E-state index contributed by atoms with van der Waals surface area (Å²) >= 11 is 0. The summed E-state index contributed by atoms with van der Waals surface area (Å²) in [7, 11) is 0. The molecule has 0 bridgehead atoms. The van der Waals surface area contributed by atoms with Gasteiger partial charge in [-0.1, -0.05) is 31.5 Å². The van der Waals surface area contributed by atoms with E-state index in [1.807, 2.05) is 0 Å². The summed E-state index contributed by atoms with van der Waals surface area (Å²) in [6, 6.07) is 8.90. The third-order valence-corrected chi connectivity index (χ3v) is 4.69. The minimum absolute atomic E-state index is 0.457. The van der Waals surface area contributed by atoms with Crippen LogP contribution in [0.3, 0.4) is 0 Å². The molecular formula is C18H28N2O. The molecule has 3 heteroatoms. The number of ether oxygens (including phenoxy) is 1. The van der Waals surface area contributed by atoms with Crippen molar-refractivity contribution in [3.63, 3.8) is 0 Å². The van der Waals surface area contributed by atoms with E-state index in [2.05, 4.69) is 41.4 Å². The molecule has 1 N–H and O–H groups in total. The molecule has 1 fully saturated rings. The Balaban J connectivity index is 1.49. The van der Waals surface area contributed by atoms with Gasteiger partial charge in [0.25, 0.3) is 0 Å². The van der Waals surface area contributed by atoms with Gasteiger partial charge in [0.05, 0.1) is 6.61 Å². The zero-order chi connectivity index (χ0) is 14.5. The monoisotopic (exact) mass is 288 g/mol. The molecule has 0 radical (unpaired) electrons. The Hall–Kier alpha value is -1.06. The number of hydrogen-bond acceptors (Lipinski definition) is 3. The molecule has 0 spiro atoms. The molecule has 3 nitrogen and oxygen atoms in total. The van der Waals surface area contributed by atoms with E-state index in [1.54, 1.807) is 0 Å². The number of nitrogens with zero attached hydrogens (tertiary/aromatic N) is 1. The predicted molar refractivity (Wildman–Crippen MR) is 86.8 cm³/mol. The molecule has 1 saturated heterocycles. The average Bonchev–Trinajstić information content (AvgIpc) is 2.54. The van der Waals surface area contributed by atoms with Crippen LogP contribution in [0.2, 0.25) is 0 Å². The fraction of sp³-hybridized carbons (Fsp3) is 0.667. The fourth-order valence-electron chi connectivity index (χ4n) is 3.54. The highest BCUT2D eigenvalue weighted by molar-refractivity contribution is 5.37. The number of para-hydroxylation sites is 1. The second-order valence-corrected chi connectivity index (χ2v) is 6.60. The second kappa shape index (κ2) is 7.28. The van der Waals surface area contributed by atoms with Gasteiger partial charge < -0.3 is 15.0 Å². The molecule has 2 heterocycles. The number of hydrogen-bond donors (Lipinski definition) is 1. The minimum atomic E-state index is 0.457. The first-order valence-electron chi connectivity index (χ1n) is 8.50. The third-order valence-electron chi connectivity index (χ3n) is 4.69. The van der Waals surface area contributed by atoms with Crippen molar-refractivity contribution in [3.05, 3.63) is 29.8 Å². The van der Waals surface area contributed by atoms with E-state index in [1.165, 1.54) is 44.5 Å². The standard InChI is InChI=1S/C18H28N2O/c1-15(14-20-10-5-2-6-11-20)13-19-17-9-12-21-18-8-4-3-7-16(17)18/h3-4,7-8,15,17,19H,2,5-6,9-14H2,1H3. The number of piperidine rings is 1. The summed E-state index contributed by atoms with van der Waals surface area (Å²) in [6.07, 6.45) is 5.26. The van der Waals surface area contributed by atoms with Crippen molar-refractivity contribution >= 4 is 0 Å². The van der Waals surface area contributed by atoms with Crippen molar-refractivity contribution < 1.29 is 4.74 Å². The van der Waals surface area contributed by atoms with Crippen LogP contribution in [0.4, 0.5) is 0 Å². The van der Waals surface area contributed by atoms with Crippen LogP contribution in [0.25, 0.3) is 0 Å². The van der Waals surface area contributed by atoms with Gasteiger partial charge >= 0.3 is 0 Å². The van der Waals surface area contributed by atoms with E-state index in [0.29, 0.717) is 12.0 Å². The highest BCUT2D eigenvalue weighted by atomic mass is 16.5. The Bertz CT molecular complexity index is 443. The van der Waals surface area contributed by atoms with Gasteiger partial charge in [-0.15, -0.1) is 0 Å². The first-order chi connectivity index (χ1) is 10.3. The molecule has 2 aliphatic rings. The van der Waals surface area contributed by atoms with Crippen LogP contribution in [0, 0.1) is 5.92 Å². The van der Waals surface area contributed by atoms with Crippen LogP contribution in [-0.4, -0.2) is 37.7 Å². The molecule has 3 rings (SSSR count). The van der Waals surface area contributed by atoms with E-state index in [0.717, 1.165) is 25.3 Å². The average molecular weight is 288 g/mol. The van der Waals surface area contributed by atoms with Gasteiger partial charge in [-0.2, -0.15) is 0 Å². The molecule has 0 aliphatic carbocycles. The molecule has 0 saturated carbocycles. The smallest absolute Gasteiger partial charge is 0.124 e. The molecule has 0 aromatic heterocycles. The zero-order valence-electron chi connectivity index (χ0n) is 13.2. The van der Waals surface area contributed by atoms with Gasteiger partial charge in [0.15, 0.2) is 0 Å². The fourth-order valence-corrected chi connectivity index (χ4v) is 3.54. The molecule has 116 valence electrons.